The number of hydrogen-bond acceptors (Lipinski definition) is 4. The van der Waals surface area contributed by atoms with Gasteiger partial charge in [0.25, 0.3) is 5.56 Å². The standard InChI is InChI=1S/C21H16F4N4O/c1-12-21(14-3-5-16(22)6-4-14,15-8-9-26-17(23)10-15)28-19(27-12)13-2-7-18(30)29(11-13)20(24)25/h2-12,20H,1H3,(H,27,28). The highest BCUT2D eigenvalue weighted by Crippen LogP contribution is 2.41. The Balaban J connectivity index is 1.93. The van der Waals surface area contributed by atoms with Gasteiger partial charge >= 0.3 is 6.55 Å². The van der Waals surface area contributed by atoms with E-state index in [2.05, 4.69) is 10.3 Å². The summed E-state index contributed by atoms with van der Waals surface area (Å²) in [4.78, 5) is 20.0. The number of benzene rings is 1. The van der Waals surface area contributed by atoms with Gasteiger partial charge in [-0.1, -0.05) is 12.1 Å². The fraction of sp³-hybridized carbons (Fsp3) is 0.190. The summed E-state index contributed by atoms with van der Waals surface area (Å²) >= 11 is 0. The van der Waals surface area contributed by atoms with E-state index in [-0.39, 0.29) is 11.4 Å². The van der Waals surface area contributed by atoms with Crippen LogP contribution in [0.2, 0.25) is 0 Å². The SMILES string of the molecule is CC1NC(c2ccc(=O)n(C(F)F)c2)=NC1(c1ccc(F)cc1)c1ccnc(F)c1. The number of hydrogen-bond donors (Lipinski definition) is 1. The van der Waals surface area contributed by atoms with Crippen LogP contribution in [0.4, 0.5) is 17.6 Å². The molecule has 0 saturated carbocycles. The number of halogens is 4. The monoisotopic (exact) mass is 416 g/mol. The number of nitrogens with one attached hydrogen (secondary N) is 1. The average molecular weight is 416 g/mol. The largest absolute Gasteiger partial charge is 0.364 e. The third kappa shape index (κ3) is 3.26. The van der Waals surface area contributed by atoms with Gasteiger partial charge in [0.05, 0.1) is 6.04 Å². The van der Waals surface area contributed by atoms with Gasteiger partial charge in [0.2, 0.25) is 5.95 Å². The average Bonchev–Trinajstić information content (AvgIpc) is 3.07. The molecule has 0 bridgehead atoms. The fourth-order valence-electron chi connectivity index (χ4n) is 3.70. The first-order valence-electron chi connectivity index (χ1n) is 9.06. The molecule has 2 atom stereocenters. The molecular formula is C21H16F4N4O. The molecule has 0 radical (unpaired) electrons. The van der Waals surface area contributed by atoms with Gasteiger partial charge in [-0.05, 0) is 48.4 Å². The zero-order valence-corrected chi connectivity index (χ0v) is 15.7. The van der Waals surface area contributed by atoms with E-state index in [1.165, 1.54) is 30.5 Å². The van der Waals surface area contributed by atoms with Crippen molar-refractivity contribution in [2.24, 2.45) is 4.99 Å². The molecule has 0 fully saturated rings. The third-order valence-electron chi connectivity index (χ3n) is 5.14. The Morgan fingerprint density at radius 3 is 2.47 bits per heavy atom. The molecule has 4 rings (SSSR count). The number of pyridine rings is 2. The molecule has 2 aromatic heterocycles. The molecule has 0 saturated heterocycles. The second-order valence-electron chi connectivity index (χ2n) is 6.91. The Morgan fingerprint density at radius 1 is 1.07 bits per heavy atom. The van der Waals surface area contributed by atoms with Gasteiger partial charge < -0.3 is 5.32 Å². The maximum atomic E-state index is 13.9. The molecule has 0 spiro atoms. The van der Waals surface area contributed by atoms with Crippen LogP contribution in [0.5, 0.6) is 0 Å². The van der Waals surface area contributed by atoms with E-state index in [0.29, 0.717) is 15.7 Å². The van der Waals surface area contributed by atoms with E-state index in [9.17, 15) is 22.4 Å². The number of nitrogens with zero attached hydrogens (tertiary/aromatic N) is 3. The molecule has 1 aliphatic rings. The van der Waals surface area contributed by atoms with Crippen molar-refractivity contribution in [2.75, 3.05) is 0 Å². The zero-order chi connectivity index (χ0) is 21.5. The van der Waals surface area contributed by atoms with Crippen molar-refractivity contribution in [3.05, 3.63) is 99.7 Å². The summed E-state index contributed by atoms with van der Waals surface area (Å²) in [6.07, 6.45) is 2.31. The summed E-state index contributed by atoms with van der Waals surface area (Å²) in [5.74, 6) is -0.906. The van der Waals surface area contributed by atoms with Gasteiger partial charge in [0.15, 0.2) is 0 Å². The van der Waals surface area contributed by atoms with Crippen molar-refractivity contribution in [1.29, 1.82) is 0 Å². The highest BCUT2D eigenvalue weighted by atomic mass is 19.3. The zero-order valence-electron chi connectivity index (χ0n) is 15.7. The lowest BCUT2D eigenvalue weighted by molar-refractivity contribution is 0.0663. The molecule has 1 aromatic carbocycles. The normalized spacial score (nSPS) is 20.9. The summed E-state index contributed by atoms with van der Waals surface area (Å²) in [5.41, 5.74) is -0.717. The quantitative estimate of drug-likeness (QED) is 0.522. The van der Waals surface area contributed by atoms with Gasteiger partial charge in [-0.3, -0.25) is 9.36 Å². The van der Waals surface area contributed by atoms with Crippen LogP contribution in [-0.4, -0.2) is 21.4 Å². The molecule has 0 aliphatic carbocycles. The Hall–Kier alpha value is -3.49. The second kappa shape index (κ2) is 7.40. The van der Waals surface area contributed by atoms with Crippen LogP contribution in [0.3, 0.4) is 0 Å². The fourth-order valence-corrected chi connectivity index (χ4v) is 3.70. The molecule has 1 aliphatic heterocycles. The molecule has 154 valence electrons. The molecular weight excluding hydrogens is 400 g/mol. The minimum Gasteiger partial charge on any atom is -0.364 e. The molecule has 0 amide bonds. The minimum atomic E-state index is -3.01. The van der Waals surface area contributed by atoms with E-state index >= 15 is 0 Å². The first-order chi connectivity index (χ1) is 14.3. The summed E-state index contributed by atoms with van der Waals surface area (Å²) in [6, 6.07) is 10.4. The predicted molar refractivity (Wildman–Crippen MR) is 102 cm³/mol. The van der Waals surface area contributed by atoms with Gasteiger partial charge in [-0.25, -0.2) is 14.4 Å². The maximum Gasteiger partial charge on any atom is 0.321 e. The molecule has 5 nitrogen and oxygen atoms in total. The number of alkyl halides is 2. The van der Waals surface area contributed by atoms with Crippen molar-refractivity contribution in [3.63, 3.8) is 0 Å². The van der Waals surface area contributed by atoms with Gasteiger partial charge in [0.1, 0.15) is 17.2 Å². The molecule has 3 heterocycles. The second-order valence-corrected chi connectivity index (χ2v) is 6.91. The topological polar surface area (TPSA) is 59.3 Å². The predicted octanol–water partition coefficient (Wildman–Crippen LogP) is 3.60. The Morgan fingerprint density at radius 2 is 1.80 bits per heavy atom. The van der Waals surface area contributed by atoms with Crippen LogP contribution in [0, 0.1) is 11.8 Å². The number of aliphatic imine (C=N–C) groups is 1. The summed E-state index contributed by atoms with van der Waals surface area (Å²) in [7, 11) is 0. The van der Waals surface area contributed by atoms with E-state index < -0.39 is 35.5 Å². The summed E-state index contributed by atoms with van der Waals surface area (Å²) in [6.45, 7) is -1.21. The van der Waals surface area contributed by atoms with Crippen LogP contribution in [-0.2, 0) is 5.54 Å². The van der Waals surface area contributed by atoms with Crippen LogP contribution < -0.4 is 10.9 Å². The lowest BCUT2D eigenvalue weighted by Gasteiger charge is -2.31. The highest BCUT2D eigenvalue weighted by molar-refractivity contribution is 6.00. The number of rotatable bonds is 4. The van der Waals surface area contributed by atoms with Crippen LogP contribution in [0.1, 0.15) is 30.2 Å². The number of amidine groups is 1. The third-order valence-corrected chi connectivity index (χ3v) is 5.14. The Kier molecular flexibility index (Phi) is 4.89. The molecule has 2 unspecified atom stereocenters. The molecule has 30 heavy (non-hydrogen) atoms. The lowest BCUT2D eigenvalue weighted by atomic mass is 9.79. The Bertz CT molecular complexity index is 1180. The van der Waals surface area contributed by atoms with Gasteiger partial charge in [-0.15, -0.1) is 0 Å². The van der Waals surface area contributed by atoms with Crippen LogP contribution in [0.25, 0.3) is 0 Å². The molecule has 9 heteroatoms. The summed E-state index contributed by atoms with van der Waals surface area (Å²) < 4.78 is 54.1. The van der Waals surface area contributed by atoms with Gasteiger partial charge in [0, 0.05) is 24.0 Å². The number of aromatic nitrogens is 2. The minimum absolute atomic E-state index is 0.249. The summed E-state index contributed by atoms with van der Waals surface area (Å²) in [5, 5.41) is 3.13. The van der Waals surface area contributed by atoms with E-state index in [1.54, 1.807) is 25.1 Å². The lowest BCUT2D eigenvalue weighted by Crippen LogP contribution is -2.41. The first-order valence-corrected chi connectivity index (χ1v) is 9.06. The van der Waals surface area contributed by atoms with Crippen molar-refractivity contribution in [3.8, 4) is 0 Å². The van der Waals surface area contributed by atoms with Crippen molar-refractivity contribution in [2.45, 2.75) is 25.1 Å². The van der Waals surface area contributed by atoms with E-state index in [4.69, 9.17) is 4.99 Å². The van der Waals surface area contributed by atoms with Crippen LogP contribution in [0.15, 0.2) is 70.7 Å². The van der Waals surface area contributed by atoms with Gasteiger partial charge in [-0.2, -0.15) is 13.2 Å². The highest BCUT2D eigenvalue weighted by Gasteiger charge is 2.45. The van der Waals surface area contributed by atoms with E-state index in [0.717, 1.165) is 12.3 Å². The van der Waals surface area contributed by atoms with Crippen LogP contribution >= 0.6 is 0 Å². The first kappa shape index (κ1) is 19.8. The molecule has 1 N–H and O–H groups in total. The van der Waals surface area contributed by atoms with Crippen molar-refractivity contribution >= 4 is 5.84 Å². The van der Waals surface area contributed by atoms with E-state index in [1.807, 2.05) is 0 Å². The van der Waals surface area contributed by atoms with Crippen molar-refractivity contribution in [1.82, 2.24) is 14.9 Å². The van der Waals surface area contributed by atoms with Crippen molar-refractivity contribution < 1.29 is 17.6 Å². The molecule has 3 aromatic rings. The maximum absolute atomic E-state index is 13.9. The smallest absolute Gasteiger partial charge is 0.321 e. The Labute approximate surface area is 168 Å².